The highest BCUT2D eigenvalue weighted by atomic mass is 32.2. The van der Waals surface area contributed by atoms with Crippen molar-refractivity contribution in [2.45, 2.75) is 23.8 Å². The fourth-order valence-corrected chi connectivity index (χ4v) is 4.28. The Kier molecular flexibility index (Phi) is 4.81. The van der Waals surface area contributed by atoms with Gasteiger partial charge in [-0.05, 0) is 24.1 Å². The summed E-state index contributed by atoms with van der Waals surface area (Å²) >= 11 is 1.62. The van der Waals surface area contributed by atoms with Crippen molar-refractivity contribution in [2.24, 2.45) is 7.05 Å². The minimum Gasteiger partial charge on any atom is -0.268 e. The van der Waals surface area contributed by atoms with Crippen LogP contribution in [0.5, 0.6) is 0 Å². The fraction of sp³-hybridized carbons (Fsp3) is 0.190. The van der Waals surface area contributed by atoms with E-state index in [4.69, 9.17) is 4.98 Å². The summed E-state index contributed by atoms with van der Waals surface area (Å²) in [6, 6.07) is 20.0. The van der Waals surface area contributed by atoms with E-state index >= 15 is 0 Å². The quantitative estimate of drug-likeness (QED) is 0.383. The van der Waals surface area contributed by atoms with Crippen LogP contribution in [0.1, 0.15) is 24.2 Å². The number of thioether (sulfide) groups is 1. The predicted molar refractivity (Wildman–Crippen MR) is 109 cm³/mol. The van der Waals surface area contributed by atoms with E-state index in [0.29, 0.717) is 16.2 Å². The van der Waals surface area contributed by atoms with Gasteiger partial charge in [-0.2, -0.15) is 5.10 Å². The lowest BCUT2D eigenvalue weighted by Gasteiger charge is -2.18. The molecule has 0 aliphatic heterocycles. The molecule has 6 heteroatoms. The first kappa shape index (κ1) is 17.5. The van der Waals surface area contributed by atoms with Gasteiger partial charge >= 0.3 is 0 Å². The number of benzene rings is 2. The van der Waals surface area contributed by atoms with Crippen molar-refractivity contribution in [1.29, 1.82) is 0 Å². The lowest BCUT2D eigenvalue weighted by molar-refractivity contribution is 0.755. The van der Waals surface area contributed by atoms with Crippen LogP contribution < -0.4 is 5.56 Å². The van der Waals surface area contributed by atoms with Crippen LogP contribution in [0.4, 0.5) is 0 Å². The second-order valence-corrected chi connectivity index (χ2v) is 7.47. The van der Waals surface area contributed by atoms with E-state index < -0.39 is 0 Å². The van der Waals surface area contributed by atoms with Gasteiger partial charge in [0.15, 0.2) is 10.8 Å². The first-order valence-corrected chi connectivity index (χ1v) is 9.78. The molecule has 0 saturated carbocycles. The minimum atomic E-state index is -0.0929. The van der Waals surface area contributed by atoms with Gasteiger partial charge in [0.05, 0.1) is 11.9 Å². The van der Waals surface area contributed by atoms with Crippen LogP contribution in [0.2, 0.25) is 0 Å². The van der Waals surface area contributed by atoms with E-state index in [2.05, 4.69) is 24.2 Å². The SMILES string of the molecule is CCC(Sc1nc2c(cnn2C)c(=O)n1-c1ccccc1)c1ccccc1. The topological polar surface area (TPSA) is 52.7 Å². The van der Waals surface area contributed by atoms with Gasteiger partial charge in [-0.15, -0.1) is 0 Å². The molecule has 1 atom stereocenters. The largest absolute Gasteiger partial charge is 0.269 e. The van der Waals surface area contributed by atoms with Gasteiger partial charge in [0.25, 0.3) is 5.56 Å². The van der Waals surface area contributed by atoms with E-state index in [0.717, 1.165) is 12.1 Å². The average molecular weight is 376 g/mol. The maximum Gasteiger partial charge on any atom is 0.269 e. The molecule has 0 fully saturated rings. The zero-order chi connectivity index (χ0) is 18.8. The van der Waals surface area contributed by atoms with Crippen LogP contribution >= 0.6 is 11.8 Å². The normalized spacial score (nSPS) is 12.4. The number of aromatic nitrogens is 4. The minimum absolute atomic E-state index is 0.0929. The number of fused-ring (bicyclic) bond motifs is 1. The molecule has 0 N–H and O–H groups in total. The summed E-state index contributed by atoms with van der Waals surface area (Å²) in [6.45, 7) is 2.15. The van der Waals surface area contributed by atoms with Crippen molar-refractivity contribution < 1.29 is 0 Å². The molecule has 0 aliphatic rings. The highest BCUT2D eigenvalue weighted by molar-refractivity contribution is 7.99. The molecule has 27 heavy (non-hydrogen) atoms. The molecule has 0 radical (unpaired) electrons. The van der Waals surface area contributed by atoms with Crippen LogP contribution in [0.3, 0.4) is 0 Å². The van der Waals surface area contributed by atoms with Crippen molar-refractivity contribution in [1.82, 2.24) is 19.3 Å². The van der Waals surface area contributed by atoms with Gasteiger partial charge in [0, 0.05) is 12.3 Å². The van der Waals surface area contributed by atoms with E-state index in [-0.39, 0.29) is 10.8 Å². The van der Waals surface area contributed by atoms with Crippen LogP contribution in [-0.4, -0.2) is 19.3 Å². The Hall–Kier alpha value is -2.86. The zero-order valence-electron chi connectivity index (χ0n) is 15.2. The number of hydrogen-bond donors (Lipinski definition) is 0. The van der Waals surface area contributed by atoms with E-state index in [1.165, 1.54) is 5.56 Å². The summed E-state index contributed by atoms with van der Waals surface area (Å²) in [4.78, 5) is 18.0. The van der Waals surface area contributed by atoms with Crippen molar-refractivity contribution >= 4 is 22.8 Å². The maximum atomic E-state index is 13.2. The molecular weight excluding hydrogens is 356 g/mol. The first-order chi connectivity index (χ1) is 13.2. The number of para-hydroxylation sites is 1. The lowest BCUT2D eigenvalue weighted by Crippen LogP contribution is -2.22. The number of nitrogens with zero attached hydrogens (tertiary/aromatic N) is 4. The van der Waals surface area contributed by atoms with Crippen LogP contribution in [0, 0.1) is 0 Å². The van der Waals surface area contributed by atoms with Crippen LogP contribution in [-0.2, 0) is 7.05 Å². The Morgan fingerprint density at radius 2 is 1.70 bits per heavy atom. The molecule has 0 amide bonds. The second-order valence-electron chi connectivity index (χ2n) is 6.30. The molecule has 0 spiro atoms. The monoisotopic (exact) mass is 376 g/mol. The summed E-state index contributed by atoms with van der Waals surface area (Å²) in [5.41, 5.74) is 2.55. The molecule has 2 aromatic heterocycles. The van der Waals surface area contributed by atoms with Gasteiger partial charge in [0.2, 0.25) is 0 Å². The molecule has 2 heterocycles. The molecule has 4 rings (SSSR count). The highest BCUT2D eigenvalue weighted by Crippen LogP contribution is 2.37. The molecule has 0 bridgehead atoms. The molecule has 1 unspecified atom stereocenters. The smallest absolute Gasteiger partial charge is 0.268 e. The van der Waals surface area contributed by atoms with E-state index in [1.807, 2.05) is 55.6 Å². The Labute approximate surface area is 161 Å². The highest BCUT2D eigenvalue weighted by Gasteiger charge is 2.20. The van der Waals surface area contributed by atoms with Gasteiger partial charge in [-0.25, -0.2) is 4.98 Å². The lowest BCUT2D eigenvalue weighted by atomic mass is 10.1. The second kappa shape index (κ2) is 7.40. The Bertz CT molecular complexity index is 1120. The van der Waals surface area contributed by atoms with E-state index in [1.54, 1.807) is 27.2 Å². The standard InChI is InChI=1S/C21H20N4OS/c1-3-18(15-10-6-4-7-11-15)27-21-23-19-17(14-22-24(19)2)20(26)25(21)16-12-8-5-9-13-16/h4-14,18H,3H2,1-2H3. The molecule has 4 aromatic rings. The third kappa shape index (κ3) is 3.28. The average Bonchev–Trinajstić information content (AvgIpc) is 3.08. The first-order valence-electron chi connectivity index (χ1n) is 8.91. The molecular formula is C21H20N4OS. The molecule has 5 nitrogen and oxygen atoms in total. The predicted octanol–water partition coefficient (Wildman–Crippen LogP) is 4.36. The molecule has 2 aromatic carbocycles. The summed E-state index contributed by atoms with van der Waals surface area (Å²) < 4.78 is 3.35. The number of rotatable bonds is 5. The van der Waals surface area contributed by atoms with Crippen LogP contribution in [0.15, 0.2) is 76.8 Å². The summed E-state index contributed by atoms with van der Waals surface area (Å²) in [7, 11) is 1.81. The van der Waals surface area contributed by atoms with E-state index in [9.17, 15) is 4.79 Å². The summed E-state index contributed by atoms with van der Waals surface area (Å²) in [6.07, 6.45) is 2.52. The maximum absolute atomic E-state index is 13.2. The van der Waals surface area contributed by atoms with Gasteiger partial charge in [0.1, 0.15) is 5.39 Å². The van der Waals surface area contributed by atoms with Crippen molar-refractivity contribution in [3.63, 3.8) is 0 Å². The van der Waals surface area contributed by atoms with Gasteiger partial charge < -0.3 is 0 Å². The van der Waals surface area contributed by atoms with Crippen molar-refractivity contribution in [3.8, 4) is 5.69 Å². The van der Waals surface area contributed by atoms with Crippen molar-refractivity contribution in [2.75, 3.05) is 0 Å². The Balaban J connectivity index is 1.90. The Morgan fingerprint density at radius 3 is 2.37 bits per heavy atom. The number of aryl methyl sites for hydroxylation is 1. The summed E-state index contributed by atoms with van der Waals surface area (Å²) in [5, 5.41) is 5.63. The Morgan fingerprint density at radius 1 is 1.04 bits per heavy atom. The zero-order valence-corrected chi connectivity index (χ0v) is 16.1. The molecule has 136 valence electrons. The molecule has 0 aliphatic carbocycles. The van der Waals surface area contributed by atoms with Crippen molar-refractivity contribution in [3.05, 3.63) is 82.8 Å². The number of hydrogen-bond acceptors (Lipinski definition) is 4. The third-order valence-corrected chi connectivity index (χ3v) is 5.91. The van der Waals surface area contributed by atoms with Crippen LogP contribution in [0.25, 0.3) is 16.7 Å². The summed E-state index contributed by atoms with van der Waals surface area (Å²) in [5.74, 6) is 0. The van der Waals surface area contributed by atoms with Gasteiger partial charge in [-0.3, -0.25) is 14.0 Å². The van der Waals surface area contributed by atoms with Gasteiger partial charge in [-0.1, -0.05) is 67.2 Å². The molecule has 0 saturated heterocycles. The third-order valence-electron chi connectivity index (χ3n) is 4.54. The fourth-order valence-electron chi connectivity index (χ4n) is 3.13.